The molecule has 1 aliphatic heterocycles. The minimum atomic E-state index is -1.28. The summed E-state index contributed by atoms with van der Waals surface area (Å²) >= 11 is 5.82. The van der Waals surface area contributed by atoms with Crippen molar-refractivity contribution in [2.45, 2.75) is 18.9 Å². The lowest BCUT2D eigenvalue weighted by atomic mass is 9.92. The van der Waals surface area contributed by atoms with E-state index >= 15 is 0 Å². The number of benzene rings is 2. The summed E-state index contributed by atoms with van der Waals surface area (Å²) < 4.78 is 5.10. The molecular weight excluding hydrogens is 370 g/mol. The van der Waals surface area contributed by atoms with Crippen molar-refractivity contribution in [3.05, 3.63) is 64.7 Å². The van der Waals surface area contributed by atoms with Gasteiger partial charge in [0.15, 0.2) is 0 Å². The van der Waals surface area contributed by atoms with Gasteiger partial charge in [-0.1, -0.05) is 35.9 Å². The third-order valence-corrected chi connectivity index (χ3v) is 4.62. The van der Waals surface area contributed by atoms with E-state index in [0.29, 0.717) is 26.9 Å². The third-order valence-electron chi connectivity index (χ3n) is 4.37. The molecular formula is C19H18ClN3O4. The van der Waals surface area contributed by atoms with Crippen molar-refractivity contribution >= 4 is 29.4 Å². The number of hydrazine groups is 1. The molecule has 3 rings (SSSR count). The molecule has 1 fully saturated rings. The van der Waals surface area contributed by atoms with Crippen molar-refractivity contribution in [1.82, 2.24) is 15.8 Å². The number of nitrogens with one attached hydrogen (secondary N) is 2. The number of hydrogen-bond donors (Lipinski definition) is 2. The van der Waals surface area contributed by atoms with Gasteiger partial charge in [0.05, 0.1) is 13.5 Å². The zero-order valence-electron chi connectivity index (χ0n) is 14.8. The summed E-state index contributed by atoms with van der Waals surface area (Å²) in [6, 6.07) is 12.8. The van der Waals surface area contributed by atoms with Crippen LogP contribution in [0.3, 0.4) is 0 Å². The maximum atomic E-state index is 12.8. The lowest BCUT2D eigenvalue weighted by Crippen LogP contribution is -2.48. The first-order chi connectivity index (χ1) is 12.8. The highest BCUT2D eigenvalue weighted by atomic mass is 35.5. The molecule has 0 unspecified atom stereocenters. The predicted octanol–water partition coefficient (Wildman–Crippen LogP) is 2.39. The largest absolute Gasteiger partial charge is 0.497 e. The minimum Gasteiger partial charge on any atom is -0.497 e. The Balaban J connectivity index is 1.73. The summed E-state index contributed by atoms with van der Waals surface area (Å²) in [7, 11) is 1.54. The van der Waals surface area contributed by atoms with Gasteiger partial charge in [-0.15, -0.1) is 0 Å². The third kappa shape index (κ3) is 3.73. The Morgan fingerprint density at radius 3 is 2.37 bits per heavy atom. The molecule has 7 nitrogen and oxygen atoms in total. The fraction of sp³-hybridized carbons (Fsp3) is 0.211. The topological polar surface area (TPSA) is 87.7 Å². The van der Waals surface area contributed by atoms with E-state index in [0.717, 1.165) is 0 Å². The van der Waals surface area contributed by atoms with Crippen LogP contribution < -0.4 is 15.5 Å². The van der Waals surface area contributed by atoms with E-state index in [1.165, 1.54) is 7.11 Å². The lowest BCUT2D eigenvalue weighted by molar-refractivity contribution is -0.138. The average Bonchev–Trinajstić information content (AvgIpc) is 2.88. The SMILES string of the molecule is COc1ccc([C@@]2(C)NC(=O)N(NC(=O)Cc3ccc(Cl)cc3)C2=O)cc1. The molecule has 8 heteroatoms. The van der Waals surface area contributed by atoms with Crippen molar-refractivity contribution in [2.75, 3.05) is 7.11 Å². The van der Waals surface area contributed by atoms with Crippen molar-refractivity contribution in [3.63, 3.8) is 0 Å². The molecule has 0 spiro atoms. The fourth-order valence-electron chi connectivity index (χ4n) is 2.81. The fourth-order valence-corrected chi connectivity index (χ4v) is 2.94. The molecule has 2 aromatic rings. The van der Waals surface area contributed by atoms with Crippen LogP contribution in [0.2, 0.25) is 5.02 Å². The normalized spacial score (nSPS) is 19.0. The van der Waals surface area contributed by atoms with Crippen LogP contribution in [-0.2, 0) is 21.5 Å². The molecule has 2 aromatic carbocycles. The first-order valence-electron chi connectivity index (χ1n) is 8.18. The molecule has 2 N–H and O–H groups in total. The van der Waals surface area contributed by atoms with Crippen LogP contribution in [0.15, 0.2) is 48.5 Å². The molecule has 1 saturated heterocycles. The number of urea groups is 1. The van der Waals surface area contributed by atoms with Gasteiger partial charge in [0.25, 0.3) is 5.91 Å². The molecule has 1 heterocycles. The first-order valence-corrected chi connectivity index (χ1v) is 8.56. The highest BCUT2D eigenvalue weighted by Gasteiger charge is 2.50. The van der Waals surface area contributed by atoms with Gasteiger partial charge in [-0.2, -0.15) is 5.01 Å². The van der Waals surface area contributed by atoms with Crippen LogP contribution in [0.5, 0.6) is 5.75 Å². The Hall–Kier alpha value is -3.06. The van der Waals surface area contributed by atoms with Crippen LogP contribution in [0, 0.1) is 0 Å². The van der Waals surface area contributed by atoms with E-state index in [1.54, 1.807) is 55.5 Å². The van der Waals surface area contributed by atoms with Gasteiger partial charge in [-0.25, -0.2) is 4.79 Å². The van der Waals surface area contributed by atoms with Crippen LogP contribution in [0.25, 0.3) is 0 Å². The van der Waals surface area contributed by atoms with E-state index in [2.05, 4.69) is 10.7 Å². The summed E-state index contributed by atoms with van der Waals surface area (Å²) in [6.07, 6.45) is 0.00742. The summed E-state index contributed by atoms with van der Waals surface area (Å²) in [5.74, 6) is -0.422. The molecule has 140 valence electrons. The standard InChI is InChI=1S/C19H18ClN3O4/c1-19(13-5-9-15(27-2)10-6-13)17(25)23(18(26)21-19)22-16(24)11-12-3-7-14(20)8-4-12/h3-10H,11H2,1-2H3,(H,21,26)(H,22,24)/t19-/m1/s1. The number of ether oxygens (including phenoxy) is 1. The van der Waals surface area contributed by atoms with Gasteiger partial charge in [0.1, 0.15) is 11.3 Å². The molecule has 0 aliphatic carbocycles. The minimum absolute atomic E-state index is 0.00742. The number of carbonyl (C=O) groups excluding carboxylic acids is 3. The number of nitrogens with zero attached hydrogens (tertiary/aromatic N) is 1. The van der Waals surface area contributed by atoms with Crippen LogP contribution >= 0.6 is 11.6 Å². The van der Waals surface area contributed by atoms with Gasteiger partial charge < -0.3 is 10.1 Å². The number of imide groups is 1. The molecule has 1 atom stereocenters. The summed E-state index contributed by atoms with van der Waals surface area (Å²) in [5, 5.41) is 3.89. The molecule has 0 saturated carbocycles. The van der Waals surface area contributed by atoms with E-state index < -0.39 is 23.4 Å². The van der Waals surface area contributed by atoms with Crippen molar-refractivity contribution in [2.24, 2.45) is 0 Å². The van der Waals surface area contributed by atoms with Crippen LogP contribution in [0.4, 0.5) is 4.79 Å². The maximum Gasteiger partial charge on any atom is 0.344 e. The number of methoxy groups -OCH3 is 1. The molecule has 4 amide bonds. The zero-order valence-corrected chi connectivity index (χ0v) is 15.5. The molecule has 0 bridgehead atoms. The molecule has 27 heavy (non-hydrogen) atoms. The van der Waals surface area contributed by atoms with Gasteiger partial charge in [-0.05, 0) is 42.3 Å². The molecule has 0 aromatic heterocycles. The van der Waals surface area contributed by atoms with Crippen molar-refractivity contribution < 1.29 is 19.1 Å². The predicted molar refractivity (Wildman–Crippen MR) is 99.0 cm³/mol. The second-order valence-corrected chi connectivity index (χ2v) is 6.70. The van der Waals surface area contributed by atoms with Gasteiger partial charge in [0.2, 0.25) is 5.91 Å². The average molecular weight is 388 g/mol. The lowest BCUT2D eigenvalue weighted by Gasteiger charge is -2.22. The van der Waals surface area contributed by atoms with Gasteiger partial charge in [-0.3, -0.25) is 15.0 Å². The quantitative estimate of drug-likeness (QED) is 0.771. The number of halogens is 1. The highest BCUT2D eigenvalue weighted by molar-refractivity contribution is 6.30. The first kappa shape index (κ1) is 18.7. The maximum absolute atomic E-state index is 12.8. The van der Waals surface area contributed by atoms with E-state index in [4.69, 9.17) is 16.3 Å². The Bertz CT molecular complexity index is 883. The highest BCUT2D eigenvalue weighted by Crippen LogP contribution is 2.29. The van der Waals surface area contributed by atoms with Crippen molar-refractivity contribution in [3.8, 4) is 5.75 Å². The van der Waals surface area contributed by atoms with Gasteiger partial charge >= 0.3 is 6.03 Å². The van der Waals surface area contributed by atoms with E-state index in [1.807, 2.05) is 0 Å². The Kier molecular flexibility index (Phi) is 5.05. The number of carbonyl (C=O) groups is 3. The smallest absolute Gasteiger partial charge is 0.344 e. The number of rotatable bonds is 5. The zero-order chi connectivity index (χ0) is 19.6. The second kappa shape index (κ2) is 7.28. The van der Waals surface area contributed by atoms with Crippen LogP contribution in [-0.4, -0.2) is 30.0 Å². The number of hydrogen-bond acceptors (Lipinski definition) is 4. The van der Waals surface area contributed by atoms with Gasteiger partial charge in [0, 0.05) is 5.02 Å². The monoisotopic (exact) mass is 387 g/mol. The van der Waals surface area contributed by atoms with Crippen molar-refractivity contribution in [1.29, 1.82) is 0 Å². The Labute approximate surface area is 161 Å². The second-order valence-electron chi connectivity index (χ2n) is 6.26. The Morgan fingerprint density at radius 1 is 1.15 bits per heavy atom. The summed E-state index contributed by atoms with van der Waals surface area (Å²) in [6.45, 7) is 1.58. The number of amides is 4. The van der Waals surface area contributed by atoms with Crippen LogP contribution in [0.1, 0.15) is 18.1 Å². The van der Waals surface area contributed by atoms with E-state index in [-0.39, 0.29) is 6.42 Å². The molecule has 0 radical (unpaired) electrons. The summed E-state index contributed by atoms with van der Waals surface area (Å²) in [4.78, 5) is 37.3. The summed E-state index contributed by atoms with van der Waals surface area (Å²) in [5.41, 5.74) is 2.37. The molecule has 1 aliphatic rings. The Morgan fingerprint density at radius 2 is 1.78 bits per heavy atom. The van der Waals surface area contributed by atoms with E-state index in [9.17, 15) is 14.4 Å².